The lowest BCUT2D eigenvalue weighted by molar-refractivity contribution is -0.385. The summed E-state index contributed by atoms with van der Waals surface area (Å²) in [5.41, 5.74) is 0.305. The summed E-state index contributed by atoms with van der Waals surface area (Å²) < 4.78 is 41.2. The highest BCUT2D eigenvalue weighted by Crippen LogP contribution is 2.25. The monoisotopic (exact) mass is 449 g/mol. The molecule has 0 saturated carbocycles. The number of nitrogens with zero attached hydrogens (tertiary/aromatic N) is 3. The first kappa shape index (κ1) is 22.8. The lowest BCUT2D eigenvalue weighted by Gasteiger charge is -2.34. The third-order valence-corrected chi connectivity index (χ3v) is 7.38. The summed E-state index contributed by atoms with van der Waals surface area (Å²) in [7, 11) is -3.70. The highest BCUT2D eigenvalue weighted by molar-refractivity contribution is 7.89. The number of rotatable bonds is 5. The minimum atomic E-state index is -3.70. The van der Waals surface area contributed by atoms with E-state index in [4.69, 9.17) is 0 Å². The number of hydrogen-bond acceptors (Lipinski definition) is 5. The summed E-state index contributed by atoms with van der Waals surface area (Å²) in [5.74, 6) is -1.11. The zero-order chi connectivity index (χ0) is 22.9. The molecule has 0 atom stereocenters. The zero-order valence-corrected chi connectivity index (χ0v) is 18.4. The molecule has 1 saturated heterocycles. The molecule has 1 heterocycles. The van der Waals surface area contributed by atoms with Crippen molar-refractivity contribution >= 4 is 21.6 Å². The SMILES string of the molecule is Cc1c(F)cc(C(=O)N2CCN(S(=O)(=O)c3ccc(C(C)C)cc3)CC2)cc1[N+](=O)[O-]. The molecule has 2 aromatic rings. The van der Waals surface area contributed by atoms with E-state index in [0.29, 0.717) is 0 Å². The highest BCUT2D eigenvalue weighted by Gasteiger charge is 2.31. The number of amides is 1. The number of carbonyl (C=O) groups is 1. The molecule has 2 aromatic carbocycles. The van der Waals surface area contributed by atoms with Crippen molar-refractivity contribution in [2.24, 2.45) is 0 Å². The summed E-state index contributed by atoms with van der Waals surface area (Å²) in [6, 6.07) is 8.77. The number of halogens is 1. The molecule has 0 unspecified atom stereocenters. The molecule has 10 heteroatoms. The number of sulfonamides is 1. The van der Waals surface area contributed by atoms with Crippen LogP contribution in [0, 0.1) is 22.9 Å². The number of carbonyl (C=O) groups excluding carboxylic acids is 1. The van der Waals surface area contributed by atoms with Gasteiger partial charge in [0, 0.05) is 37.8 Å². The number of hydrogen-bond donors (Lipinski definition) is 0. The van der Waals surface area contributed by atoms with Gasteiger partial charge in [0.1, 0.15) is 5.82 Å². The summed E-state index contributed by atoms with van der Waals surface area (Å²) in [4.78, 5) is 24.7. The van der Waals surface area contributed by atoms with Crippen LogP contribution in [-0.2, 0) is 10.0 Å². The number of nitro groups is 1. The smallest absolute Gasteiger partial charge is 0.276 e. The van der Waals surface area contributed by atoms with E-state index in [2.05, 4.69) is 0 Å². The minimum Gasteiger partial charge on any atom is -0.336 e. The Morgan fingerprint density at radius 1 is 1.10 bits per heavy atom. The topological polar surface area (TPSA) is 101 Å². The molecule has 1 aliphatic heterocycles. The van der Waals surface area contributed by atoms with Crippen molar-refractivity contribution in [1.29, 1.82) is 0 Å². The molecule has 3 rings (SSSR count). The molecule has 1 fully saturated rings. The van der Waals surface area contributed by atoms with Gasteiger partial charge in [0.15, 0.2) is 0 Å². The quantitative estimate of drug-likeness (QED) is 0.515. The predicted molar refractivity (Wildman–Crippen MR) is 113 cm³/mol. The Morgan fingerprint density at radius 2 is 1.68 bits per heavy atom. The van der Waals surface area contributed by atoms with Gasteiger partial charge in [-0.05, 0) is 36.6 Å². The van der Waals surface area contributed by atoms with Gasteiger partial charge in [-0.2, -0.15) is 4.31 Å². The lowest BCUT2D eigenvalue weighted by Crippen LogP contribution is -2.50. The first-order chi connectivity index (χ1) is 14.5. The second-order valence-electron chi connectivity index (χ2n) is 7.78. The molecule has 0 N–H and O–H groups in total. The normalized spacial score (nSPS) is 15.3. The van der Waals surface area contributed by atoms with Crippen LogP contribution in [0.5, 0.6) is 0 Å². The third kappa shape index (κ3) is 4.59. The summed E-state index contributed by atoms with van der Waals surface area (Å²) in [6.07, 6.45) is 0. The van der Waals surface area contributed by atoms with Gasteiger partial charge in [-0.3, -0.25) is 14.9 Å². The average molecular weight is 450 g/mol. The predicted octanol–water partition coefficient (Wildman–Crippen LogP) is 3.31. The molecule has 0 aliphatic carbocycles. The number of nitro benzene ring substituents is 1. The van der Waals surface area contributed by atoms with Crippen LogP contribution >= 0.6 is 0 Å². The van der Waals surface area contributed by atoms with Gasteiger partial charge in [-0.25, -0.2) is 12.8 Å². The van der Waals surface area contributed by atoms with Crippen LogP contribution in [0.4, 0.5) is 10.1 Å². The van der Waals surface area contributed by atoms with Gasteiger partial charge < -0.3 is 4.90 Å². The van der Waals surface area contributed by atoms with Crippen LogP contribution < -0.4 is 0 Å². The molecule has 0 spiro atoms. The molecule has 31 heavy (non-hydrogen) atoms. The second kappa shape index (κ2) is 8.72. The Morgan fingerprint density at radius 3 is 2.19 bits per heavy atom. The molecule has 166 valence electrons. The molecule has 1 amide bonds. The molecular weight excluding hydrogens is 425 g/mol. The second-order valence-corrected chi connectivity index (χ2v) is 9.72. The molecular formula is C21H24FN3O5S. The van der Waals surface area contributed by atoms with Gasteiger partial charge in [0.2, 0.25) is 10.0 Å². The summed E-state index contributed by atoms with van der Waals surface area (Å²) in [5, 5.41) is 11.1. The van der Waals surface area contributed by atoms with E-state index in [-0.39, 0.29) is 48.1 Å². The van der Waals surface area contributed by atoms with Crippen LogP contribution in [0.1, 0.15) is 41.3 Å². The molecule has 0 bridgehead atoms. The van der Waals surface area contributed by atoms with Crippen molar-refractivity contribution < 1.29 is 22.5 Å². The fraction of sp³-hybridized carbons (Fsp3) is 0.381. The van der Waals surface area contributed by atoms with Gasteiger partial charge in [0.25, 0.3) is 11.6 Å². The Bertz CT molecular complexity index is 1110. The van der Waals surface area contributed by atoms with Crippen LogP contribution in [0.15, 0.2) is 41.3 Å². The van der Waals surface area contributed by atoms with Crippen molar-refractivity contribution in [1.82, 2.24) is 9.21 Å². The van der Waals surface area contributed by atoms with Gasteiger partial charge in [0.05, 0.1) is 15.4 Å². The van der Waals surface area contributed by atoms with E-state index in [0.717, 1.165) is 17.7 Å². The zero-order valence-electron chi connectivity index (χ0n) is 17.5. The van der Waals surface area contributed by atoms with E-state index in [1.54, 1.807) is 24.3 Å². The Labute approximate surface area is 180 Å². The maximum absolute atomic E-state index is 14.0. The fourth-order valence-electron chi connectivity index (χ4n) is 3.47. The van der Waals surface area contributed by atoms with E-state index >= 15 is 0 Å². The molecule has 0 radical (unpaired) electrons. The lowest BCUT2D eigenvalue weighted by atomic mass is 10.0. The maximum atomic E-state index is 14.0. The summed E-state index contributed by atoms with van der Waals surface area (Å²) >= 11 is 0. The van der Waals surface area contributed by atoms with Crippen molar-refractivity contribution in [3.63, 3.8) is 0 Å². The standard InChI is InChI=1S/C21H24FN3O5S/c1-14(2)16-4-6-18(7-5-16)31(29,30)24-10-8-23(9-11-24)21(26)17-12-19(22)15(3)20(13-17)25(27)28/h4-7,12-14H,8-11H2,1-3H3. The van der Waals surface area contributed by atoms with E-state index < -0.39 is 32.4 Å². The first-order valence-electron chi connectivity index (χ1n) is 9.86. The Kier molecular flexibility index (Phi) is 6.42. The van der Waals surface area contributed by atoms with Crippen molar-refractivity contribution in [3.8, 4) is 0 Å². The third-order valence-electron chi connectivity index (χ3n) is 5.47. The van der Waals surface area contributed by atoms with Crippen LogP contribution in [0.2, 0.25) is 0 Å². The van der Waals surface area contributed by atoms with E-state index in [1.807, 2.05) is 13.8 Å². The molecule has 1 aliphatic rings. The van der Waals surface area contributed by atoms with Gasteiger partial charge in [-0.15, -0.1) is 0 Å². The fourth-order valence-corrected chi connectivity index (χ4v) is 4.89. The Hall–Kier alpha value is -2.85. The average Bonchev–Trinajstić information content (AvgIpc) is 2.75. The van der Waals surface area contributed by atoms with Crippen LogP contribution in [0.3, 0.4) is 0 Å². The summed E-state index contributed by atoms with van der Waals surface area (Å²) in [6.45, 7) is 5.69. The first-order valence-corrected chi connectivity index (χ1v) is 11.3. The van der Waals surface area contributed by atoms with E-state index in [1.165, 1.54) is 16.1 Å². The van der Waals surface area contributed by atoms with Gasteiger partial charge in [-0.1, -0.05) is 26.0 Å². The van der Waals surface area contributed by atoms with Crippen molar-refractivity contribution in [3.05, 3.63) is 69.0 Å². The van der Waals surface area contributed by atoms with E-state index in [9.17, 15) is 27.7 Å². The number of benzene rings is 2. The van der Waals surface area contributed by atoms with Crippen LogP contribution in [0.25, 0.3) is 0 Å². The molecule has 0 aromatic heterocycles. The largest absolute Gasteiger partial charge is 0.336 e. The minimum absolute atomic E-state index is 0.0798. The molecule has 8 nitrogen and oxygen atoms in total. The van der Waals surface area contributed by atoms with Gasteiger partial charge >= 0.3 is 0 Å². The maximum Gasteiger partial charge on any atom is 0.276 e. The number of piperazine rings is 1. The highest BCUT2D eigenvalue weighted by atomic mass is 32.2. The van der Waals surface area contributed by atoms with Crippen molar-refractivity contribution in [2.45, 2.75) is 31.6 Å². The van der Waals surface area contributed by atoms with Crippen molar-refractivity contribution in [2.75, 3.05) is 26.2 Å². The van der Waals surface area contributed by atoms with Crippen LogP contribution in [-0.4, -0.2) is 54.6 Å². The Balaban J connectivity index is 1.73.